The van der Waals surface area contributed by atoms with Gasteiger partial charge in [0.2, 0.25) is 0 Å². The third kappa shape index (κ3) is 14.1. The molecule has 0 fully saturated rings. The minimum absolute atomic E-state index is 0. The summed E-state index contributed by atoms with van der Waals surface area (Å²) in [5, 5.41) is 25.9. The molecule has 5 N–H and O–H groups in total. The van der Waals surface area contributed by atoms with Gasteiger partial charge in [-0.1, -0.05) is 0 Å². The summed E-state index contributed by atoms with van der Waals surface area (Å²) >= 11 is 0. The van der Waals surface area contributed by atoms with Gasteiger partial charge in [0.25, 0.3) is 0 Å². The van der Waals surface area contributed by atoms with Crippen LogP contribution in [0.3, 0.4) is 0 Å². The van der Waals surface area contributed by atoms with E-state index in [0.717, 1.165) is 14.2 Å². The number of ether oxygens (including phenoxy) is 2. The number of carbonyl (C=O) groups excluding carboxylic acids is 2. The smallest absolute Gasteiger partial charge is 0.336 e. The van der Waals surface area contributed by atoms with Crippen LogP contribution in [0.4, 0.5) is 0 Å². The number of carboxylic acids is 2. The van der Waals surface area contributed by atoms with Crippen molar-refractivity contribution in [2.24, 2.45) is 0 Å². The fourth-order valence-corrected chi connectivity index (χ4v) is 1.36. The number of hydrogen-bond donors (Lipinski definition) is 5. The molecule has 14 heteroatoms. The largest absolute Gasteiger partial charge is 0.481 e. The zero-order valence-electron chi connectivity index (χ0n) is 12.5. The van der Waals surface area contributed by atoms with Gasteiger partial charge < -0.3 is 34.6 Å². The number of hydrogen-bond acceptors (Lipinski definition) is 8. The molecule has 0 aliphatic heterocycles. The van der Waals surface area contributed by atoms with Crippen LogP contribution in [0.1, 0.15) is 12.8 Å². The van der Waals surface area contributed by atoms with E-state index in [1.807, 2.05) is 0 Å². The maximum absolute atomic E-state index is 10.8. The van der Waals surface area contributed by atoms with Crippen LogP contribution >= 0.6 is 7.60 Å². The second kappa shape index (κ2) is 12.0. The van der Waals surface area contributed by atoms with Gasteiger partial charge in [0.05, 0.1) is 27.1 Å². The maximum atomic E-state index is 10.8. The summed E-state index contributed by atoms with van der Waals surface area (Å²) in [4.78, 5) is 57.6. The van der Waals surface area contributed by atoms with Crippen LogP contribution in [-0.2, 0) is 50.3 Å². The summed E-state index contributed by atoms with van der Waals surface area (Å²) in [6.45, 7) is 0. The molecule has 1 radical (unpaired) electrons. The summed E-state index contributed by atoms with van der Waals surface area (Å²) in [5.74, 6) is -5.02. The van der Waals surface area contributed by atoms with Gasteiger partial charge in [-0.2, -0.15) is 0 Å². The summed E-state index contributed by atoms with van der Waals surface area (Å²) in [6, 6.07) is 0. The number of esters is 2. The second-order valence-electron chi connectivity index (χ2n) is 4.06. The van der Waals surface area contributed by atoms with Crippen molar-refractivity contribution in [3.8, 4) is 0 Å². The van der Waals surface area contributed by atoms with E-state index in [2.05, 4.69) is 9.47 Å². The van der Waals surface area contributed by atoms with Gasteiger partial charge in [-0.15, -0.1) is 0 Å². The first-order chi connectivity index (χ1) is 10.3. The van der Waals surface area contributed by atoms with E-state index in [-0.39, 0.29) is 17.1 Å². The Kier molecular flexibility index (Phi) is 13.6. The van der Waals surface area contributed by atoms with E-state index in [1.54, 1.807) is 0 Å². The molecule has 0 aliphatic rings. The van der Waals surface area contributed by atoms with E-state index in [4.69, 9.17) is 20.0 Å². The summed E-state index contributed by atoms with van der Waals surface area (Å²) in [7, 11) is -2.23. The monoisotopic (exact) mass is 415 g/mol. The summed E-state index contributed by atoms with van der Waals surface area (Å²) in [5.41, 5.74) is -2.49. The molecule has 24 heavy (non-hydrogen) atoms. The minimum Gasteiger partial charge on any atom is -0.481 e. The molecule has 0 bridgehead atoms. The molecule has 0 rings (SSSR count). The second-order valence-corrected chi connectivity index (χ2v) is 5.70. The van der Waals surface area contributed by atoms with Crippen molar-refractivity contribution in [2.45, 2.75) is 18.4 Å². The Balaban J connectivity index is -0.000000419. The SMILES string of the molecule is COC(=O)CC(O)(CC(=O)OC)C(=O)O.O=C(O)CP(=O)(O)O.[Mn]. The Labute approximate surface area is 146 Å². The van der Waals surface area contributed by atoms with Crippen molar-refractivity contribution < 1.29 is 75.4 Å². The van der Waals surface area contributed by atoms with Crippen molar-refractivity contribution in [2.75, 3.05) is 20.4 Å². The van der Waals surface area contributed by atoms with Crippen LogP contribution < -0.4 is 0 Å². The van der Waals surface area contributed by atoms with Crippen LogP contribution in [0.2, 0.25) is 0 Å². The zero-order valence-corrected chi connectivity index (χ0v) is 14.6. The van der Waals surface area contributed by atoms with E-state index < -0.39 is 56.1 Å². The van der Waals surface area contributed by atoms with Crippen molar-refractivity contribution in [3.05, 3.63) is 0 Å². The first-order valence-corrected chi connectivity index (χ1v) is 7.43. The Bertz CT molecular complexity index is 480. The predicted molar refractivity (Wildman–Crippen MR) is 70.4 cm³/mol. The number of aliphatic hydroxyl groups is 1. The Morgan fingerprint density at radius 1 is 0.958 bits per heavy atom. The van der Waals surface area contributed by atoms with E-state index in [9.17, 15) is 28.8 Å². The van der Waals surface area contributed by atoms with Crippen molar-refractivity contribution in [3.63, 3.8) is 0 Å². The standard InChI is InChI=1S/C8H12O7.C2H5O5P.Mn/c1-14-5(9)3-8(13,7(11)12)4-6(10)15-2;3-2(4)1-8(5,6)7;/h13H,3-4H2,1-2H3,(H,11,12);1H2,(H,3,4)(H2,5,6,7);. The molecule has 0 heterocycles. The van der Waals surface area contributed by atoms with Crippen molar-refractivity contribution in [1.82, 2.24) is 0 Å². The maximum Gasteiger partial charge on any atom is 0.336 e. The van der Waals surface area contributed by atoms with Crippen LogP contribution in [0.15, 0.2) is 0 Å². The van der Waals surface area contributed by atoms with Gasteiger partial charge in [0, 0.05) is 17.1 Å². The number of rotatable bonds is 7. The first-order valence-electron chi connectivity index (χ1n) is 5.63. The molecule has 0 saturated carbocycles. The molecule has 141 valence electrons. The molecule has 0 unspecified atom stereocenters. The summed E-state index contributed by atoms with van der Waals surface area (Å²) < 4.78 is 18.1. The van der Waals surface area contributed by atoms with Gasteiger partial charge in [-0.25, -0.2) is 4.79 Å². The molecule has 0 aliphatic carbocycles. The molecular weight excluding hydrogens is 398 g/mol. The van der Waals surface area contributed by atoms with Crippen LogP contribution in [0.5, 0.6) is 0 Å². The normalized spacial score (nSPS) is 10.4. The Morgan fingerprint density at radius 3 is 1.42 bits per heavy atom. The molecule has 0 spiro atoms. The molecular formula is C10H17MnO12P. The quantitative estimate of drug-likeness (QED) is 0.177. The molecule has 0 aromatic heterocycles. The molecule has 0 aromatic rings. The summed E-state index contributed by atoms with van der Waals surface area (Å²) in [6.07, 6.45) is -2.71. The predicted octanol–water partition coefficient (Wildman–Crippen LogP) is -1.83. The van der Waals surface area contributed by atoms with E-state index >= 15 is 0 Å². The average molecular weight is 415 g/mol. The van der Waals surface area contributed by atoms with Gasteiger partial charge in [0.15, 0.2) is 5.60 Å². The molecule has 0 aromatic carbocycles. The topological polar surface area (TPSA) is 205 Å². The number of aliphatic carboxylic acids is 2. The Morgan fingerprint density at radius 2 is 1.29 bits per heavy atom. The third-order valence-corrected chi connectivity index (χ3v) is 2.75. The van der Waals surface area contributed by atoms with Crippen molar-refractivity contribution in [1.29, 1.82) is 0 Å². The molecule has 0 saturated heterocycles. The van der Waals surface area contributed by atoms with Crippen molar-refractivity contribution >= 4 is 31.5 Å². The van der Waals surface area contributed by atoms with Gasteiger partial charge in [-0.3, -0.25) is 18.9 Å². The van der Waals surface area contributed by atoms with Crippen LogP contribution in [0, 0.1) is 0 Å². The van der Waals surface area contributed by atoms with Crippen LogP contribution in [0.25, 0.3) is 0 Å². The number of carbonyl (C=O) groups is 4. The van der Waals surface area contributed by atoms with Gasteiger partial charge in [-0.05, 0) is 0 Å². The first kappa shape index (κ1) is 27.4. The van der Waals surface area contributed by atoms with E-state index in [1.165, 1.54) is 0 Å². The molecule has 0 atom stereocenters. The van der Waals surface area contributed by atoms with Gasteiger partial charge >= 0.3 is 31.5 Å². The molecule has 0 amide bonds. The fourth-order valence-electron chi connectivity index (χ4n) is 1.01. The Hall–Kier alpha value is -1.49. The average Bonchev–Trinajstić information content (AvgIpc) is 2.35. The van der Waals surface area contributed by atoms with Gasteiger partial charge in [0.1, 0.15) is 6.16 Å². The number of carboxylic acid groups (broad SMARTS) is 2. The fraction of sp³-hybridized carbons (Fsp3) is 0.600. The molecule has 12 nitrogen and oxygen atoms in total. The number of methoxy groups -OCH3 is 2. The minimum atomic E-state index is -4.32. The third-order valence-electron chi connectivity index (χ3n) is 2.07. The zero-order chi connectivity index (χ0) is 18.8. The van der Waals surface area contributed by atoms with E-state index in [0.29, 0.717) is 0 Å². The van der Waals surface area contributed by atoms with Crippen LogP contribution in [-0.4, -0.2) is 75.0 Å².